The number of nitrogens with one attached hydrogen (secondary N) is 2. The van der Waals surface area contributed by atoms with Crippen LogP contribution in [0.4, 0.5) is 18.9 Å². The summed E-state index contributed by atoms with van der Waals surface area (Å²) < 4.78 is 49.0. The minimum absolute atomic E-state index is 0.168. The fraction of sp³-hybridized carbons (Fsp3) is 0.0952. The predicted molar refractivity (Wildman–Crippen MR) is 107 cm³/mol. The second kappa shape index (κ2) is 9.16. The third-order valence-electron chi connectivity index (χ3n) is 3.99. The van der Waals surface area contributed by atoms with Gasteiger partial charge in [0.25, 0.3) is 0 Å². The molecule has 1 aromatic heterocycles. The van der Waals surface area contributed by atoms with E-state index in [0.29, 0.717) is 11.4 Å². The fourth-order valence-corrected chi connectivity index (χ4v) is 2.52. The van der Waals surface area contributed by atoms with E-state index >= 15 is 0 Å². The van der Waals surface area contributed by atoms with Gasteiger partial charge in [0.1, 0.15) is 17.3 Å². The SMILES string of the molecule is COc1cccc(NC(=O)C(=O)N/N=C\c2ccc(-c3cccc(C(F)(F)F)c3)o2)c1. The number of rotatable bonds is 5. The van der Waals surface area contributed by atoms with E-state index in [4.69, 9.17) is 9.15 Å². The molecule has 0 spiro atoms. The summed E-state index contributed by atoms with van der Waals surface area (Å²) in [6, 6.07) is 14.0. The van der Waals surface area contributed by atoms with Crippen LogP contribution in [0.3, 0.4) is 0 Å². The second-order valence-corrected chi connectivity index (χ2v) is 6.17. The van der Waals surface area contributed by atoms with Gasteiger partial charge >= 0.3 is 18.0 Å². The van der Waals surface area contributed by atoms with Crippen LogP contribution >= 0.6 is 0 Å². The Morgan fingerprint density at radius 1 is 1.03 bits per heavy atom. The van der Waals surface area contributed by atoms with Crippen LogP contribution in [-0.2, 0) is 15.8 Å². The lowest BCUT2D eigenvalue weighted by atomic mass is 10.1. The third-order valence-corrected chi connectivity index (χ3v) is 3.99. The minimum atomic E-state index is -4.47. The summed E-state index contributed by atoms with van der Waals surface area (Å²) in [6.45, 7) is 0. The van der Waals surface area contributed by atoms with E-state index < -0.39 is 23.6 Å². The largest absolute Gasteiger partial charge is 0.497 e. The molecule has 0 bridgehead atoms. The molecule has 2 N–H and O–H groups in total. The first-order valence-electron chi connectivity index (χ1n) is 8.82. The molecule has 0 aliphatic carbocycles. The van der Waals surface area contributed by atoms with E-state index in [0.717, 1.165) is 18.3 Å². The Labute approximate surface area is 174 Å². The molecule has 0 fully saturated rings. The lowest BCUT2D eigenvalue weighted by molar-refractivity contribution is -0.137. The second-order valence-electron chi connectivity index (χ2n) is 6.17. The number of carbonyl (C=O) groups excluding carboxylic acids is 2. The first kappa shape index (κ1) is 21.6. The maximum atomic E-state index is 12.8. The molecular weight excluding hydrogens is 415 g/mol. The maximum absolute atomic E-state index is 12.8. The average Bonchev–Trinajstić information content (AvgIpc) is 3.22. The number of ether oxygens (including phenoxy) is 1. The van der Waals surface area contributed by atoms with Crippen molar-refractivity contribution in [1.82, 2.24) is 5.43 Å². The number of methoxy groups -OCH3 is 1. The van der Waals surface area contributed by atoms with Gasteiger partial charge in [-0.2, -0.15) is 18.3 Å². The summed E-state index contributed by atoms with van der Waals surface area (Å²) in [7, 11) is 1.47. The molecule has 7 nitrogen and oxygen atoms in total. The molecule has 3 aromatic rings. The van der Waals surface area contributed by atoms with Gasteiger partial charge in [0.05, 0.1) is 18.9 Å². The van der Waals surface area contributed by atoms with E-state index in [1.807, 2.05) is 5.43 Å². The van der Waals surface area contributed by atoms with E-state index in [9.17, 15) is 22.8 Å². The number of benzene rings is 2. The van der Waals surface area contributed by atoms with Crippen molar-refractivity contribution in [2.24, 2.45) is 5.10 Å². The van der Waals surface area contributed by atoms with E-state index in [1.54, 1.807) is 18.2 Å². The highest BCUT2D eigenvalue weighted by atomic mass is 19.4. The first-order valence-corrected chi connectivity index (χ1v) is 8.82. The number of furan rings is 1. The van der Waals surface area contributed by atoms with Gasteiger partial charge < -0.3 is 14.5 Å². The zero-order valence-electron chi connectivity index (χ0n) is 16.1. The van der Waals surface area contributed by atoms with Crippen molar-refractivity contribution < 1.29 is 31.9 Å². The standard InChI is InChI=1S/C21H16F3N3O4/c1-30-16-7-3-6-15(11-16)26-19(28)20(29)27-25-12-17-8-9-18(31-17)13-4-2-5-14(10-13)21(22,23)24/h2-12H,1H3,(H,26,28)(H,27,29)/b25-12-. The van der Waals surface area contributed by atoms with Gasteiger partial charge in [-0.1, -0.05) is 18.2 Å². The van der Waals surface area contributed by atoms with Gasteiger partial charge in [-0.15, -0.1) is 0 Å². The summed E-state index contributed by atoms with van der Waals surface area (Å²) in [5.74, 6) is -1.11. The number of nitrogens with zero attached hydrogens (tertiary/aromatic N) is 1. The molecule has 160 valence electrons. The molecule has 0 aliphatic heterocycles. The van der Waals surface area contributed by atoms with Gasteiger partial charge in [0.2, 0.25) is 0 Å². The van der Waals surface area contributed by atoms with E-state index in [-0.39, 0.29) is 17.1 Å². The number of carbonyl (C=O) groups is 2. The van der Waals surface area contributed by atoms with Crippen molar-refractivity contribution >= 4 is 23.7 Å². The number of hydrazone groups is 1. The Morgan fingerprint density at radius 3 is 2.55 bits per heavy atom. The minimum Gasteiger partial charge on any atom is -0.497 e. The molecule has 0 radical (unpaired) electrons. The molecule has 0 saturated carbocycles. The zero-order valence-corrected chi connectivity index (χ0v) is 16.1. The van der Waals surface area contributed by atoms with Crippen LogP contribution < -0.4 is 15.5 Å². The summed E-state index contributed by atoms with van der Waals surface area (Å²) in [5, 5.41) is 6.01. The van der Waals surface area contributed by atoms with Gasteiger partial charge in [-0.3, -0.25) is 9.59 Å². The summed E-state index contributed by atoms with van der Waals surface area (Å²) in [4.78, 5) is 23.7. The van der Waals surface area contributed by atoms with Crippen molar-refractivity contribution in [3.8, 4) is 17.1 Å². The molecule has 2 amide bonds. The molecule has 3 rings (SSSR count). The smallest absolute Gasteiger partial charge is 0.416 e. The highest BCUT2D eigenvalue weighted by molar-refractivity contribution is 6.39. The number of amides is 2. The first-order chi connectivity index (χ1) is 14.8. The number of anilines is 1. The van der Waals surface area contributed by atoms with Crippen molar-refractivity contribution in [2.75, 3.05) is 12.4 Å². The average molecular weight is 431 g/mol. The molecule has 0 atom stereocenters. The Kier molecular flexibility index (Phi) is 6.39. The maximum Gasteiger partial charge on any atom is 0.416 e. The van der Waals surface area contributed by atoms with Crippen molar-refractivity contribution in [1.29, 1.82) is 0 Å². The lowest BCUT2D eigenvalue weighted by Gasteiger charge is -2.07. The van der Waals surface area contributed by atoms with Crippen LogP contribution in [0.1, 0.15) is 11.3 Å². The normalized spacial score (nSPS) is 11.4. The summed E-state index contributed by atoms with van der Waals surface area (Å²) in [6.07, 6.45) is -3.35. The fourth-order valence-electron chi connectivity index (χ4n) is 2.52. The van der Waals surface area contributed by atoms with Gasteiger partial charge in [0.15, 0.2) is 0 Å². The van der Waals surface area contributed by atoms with Crippen LogP contribution in [0.2, 0.25) is 0 Å². The number of hydrogen-bond donors (Lipinski definition) is 2. The number of halogens is 3. The molecule has 31 heavy (non-hydrogen) atoms. The molecular formula is C21H16F3N3O4. The quantitative estimate of drug-likeness (QED) is 0.362. The Bertz CT molecular complexity index is 1120. The van der Waals surface area contributed by atoms with E-state index in [2.05, 4.69) is 10.4 Å². The van der Waals surface area contributed by atoms with Crippen molar-refractivity contribution in [3.05, 3.63) is 72.0 Å². The topological polar surface area (TPSA) is 92.9 Å². The van der Waals surface area contributed by atoms with Crippen molar-refractivity contribution in [2.45, 2.75) is 6.18 Å². The number of hydrogen-bond acceptors (Lipinski definition) is 5. The molecule has 1 heterocycles. The third kappa shape index (κ3) is 5.72. The Morgan fingerprint density at radius 2 is 1.81 bits per heavy atom. The highest BCUT2D eigenvalue weighted by Gasteiger charge is 2.30. The van der Waals surface area contributed by atoms with Crippen LogP contribution in [0.15, 0.2) is 70.2 Å². The highest BCUT2D eigenvalue weighted by Crippen LogP contribution is 2.32. The number of alkyl halides is 3. The van der Waals surface area contributed by atoms with E-state index in [1.165, 1.54) is 37.4 Å². The lowest BCUT2D eigenvalue weighted by Crippen LogP contribution is -2.32. The van der Waals surface area contributed by atoms with Crippen LogP contribution in [-0.4, -0.2) is 25.1 Å². The van der Waals surface area contributed by atoms with Crippen LogP contribution in [0.5, 0.6) is 5.75 Å². The molecule has 0 aliphatic rings. The summed E-state index contributed by atoms with van der Waals surface area (Å²) in [5.41, 5.74) is 1.83. The molecule has 10 heteroatoms. The zero-order chi connectivity index (χ0) is 22.4. The Hall–Kier alpha value is -4.08. The monoisotopic (exact) mass is 431 g/mol. The van der Waals surface area contributed by atoms with Crippen molar-refractivity contribution in [3.63, 3.8) is 0 Å². The Balaban J connectivity index is 1.60. The molecule has 0 saturated heterocycles. The van der Waals surface area contributed by atoms with Gasteiger partial charge in [0, 0.05) is 17.3 Å². The molecule has 0 unspecified atom stereocenters. The van der Waals surface area contributed by atoms with Gasteiger partial charge in [-0.05, 0) is 36.4 Å². The van der Waals surface area contributed by atoms with Crippen LogP contribution in [0, 0.1) is 0 Å². The van der Waals surface area contributed by atoms with Gasteiger partial charge in [-0.25, -0.2) is 5.43 Å². The summed E-state index contributed by atoms with van der Waals surface area (Å²) >= 11 is 0. The van der Waals surface area contributed by atoms with Crippen LogP contribution in [0.25, 0.3) is 11.3 Å². The molecule has 2 aromatic carbocycles. The predicted octanol–water partition coefficient (Wildman–Crippen LogP) is 4.06.